The van der Waals surface area contributed by atoms with E-state index in [-0.39, 0.29) is 6.10 Å². The van der Waals surface area contributed by atoms with Crippen LogP contribution in [0.25, 0.3) is 0 Å². The zero-order valence-electron chi connectivity index (χ0n) is 11.5. The molecule has 19 heavy (non-hydrogen) atoms. The Labute approximate surface area is 115 Å². The van der Waals surface area contributed by atoms with Crippen molar-refractivity contribution in [2.75, 3.05) is 0 Å². The van der Waals surface area contributed by atoms with Crippen LogP contribution in [0.2, 0.25) is 0 Å². The molecular weight excluding hydrogens is 234 g/mol. The molecule has 1 N–H and O–H groups in total. The predicted octanol–water partition coefficient (Wildman–Crippen LogP) is 3.77. The first-order valence-corrected chi connectivity index (χ1v) is 6.61. The van der Waals surface area contributed by atoms with Gasteiger partial charge in [0, 0.05) is 6.54 Å². The quantitative estimate of drug-likeness (QED) is 0.847. The van der Waals surface area contributed by atoms with Gasteiger partial charge in [0.2, 0.25) is 0 Å². The van der Waals surface area contributed by atoms with Gasteiger partial charge in [-0.2, -0.15) is 0 Å². The molecule has 0 aliphatic carbocycles. The minimum atomic E-state index is 0.218. The Morgan fingerprint density at radius 3 is 2.32 bits per heavy atom. The highest BCUT2D eigenvalue weighted by Gasteiger charge is 1.98. The SMILES string of the molecule is CC(C)Oc1ccc(CN[CH]c2ccccc2)cc1. The minimum Gasteiger partial charge on any atom is -0.491 e. The molecule has 0 aliphatic heterocycles. The summed E-state index contributed by atoms with van der Waals surface area (Å²) < 4.78 is 5.61. The molecule has 0 aromatic heterocycles. The van der Waals surface area contributed by atoms with Crippen LogP contribution in [0, 0.1) is 6.54 Å². The third-order valence-corrected chi connectivity index (χ3v) is 2.67. The molecule has 99 valence electrons. The second-order valence-corrected chi connectivity index (χ2v) is 4.75. The van der Waals surface area contributed by atoms with Crippen molar-refractivity contribution in [1.29, 1.82) is 0 Å². The number of hydrogen-bond acceptors (Lipinski definition) is 2. The lowest BCUT2D eigenvalue weighted by molar-refractivity contribution is 0.242. The van der Waals surface area contributed by atoms with E-state index in [1.807, 2.05) is 50.7 Å². The number of nitrogens with one attached hydrogen (secondary N) is 1. The van der Waals surface area contributed by atoms with E-state index >= 15 is 0 Å². The Morgan fingerprint density at radius 1 is 1.00 bits per heavy atom. The molecule has 2 heteroatoms. The molecule has 0 amide bonds. The highest BCUT2D eigenvalue weighted by molar-refractivity contribution is 5.28. The van der Waals surface area contributed by atoms with Gasteiger partial charge in [0.15, 0.2) is 0 Å². The van der Waals surface area contributed by atoms with Gasteiger partial charge in [-0.1, -0.05) is 42.5 Å². The van der Waals surface area contributed by atoms with Crippen molar-refractivity contribution in [3.8, 4) is 5.75 Å². The average Bonchev–Trinajstić information content (AvgIpc) is 2.41. The highest BCUT2D eigenvalue weighted by atomic mass is 16.5. The van der Waals surface area contributed by atoms with E-state index in [1.54, 1.807) is 0 Å². The molecule has 2 aromatic rings. The third-order valence-electron chi connectivity index (χ3n) is 2.67. The molecule has 0 heterocycles. The summed E-state index contributed by atoms with van der Waals surface area (Å²) in [5.74, 6) is 0.922. The van der Waals surface area contributed by atoms with E-state index < -0.39 is 0 Å². The third kappa shape index (κ3) is 4.76. The molecule has 2 aromatic carbocycles. The van der Waals surface area contributed by atoms with Crippen LogP contribution in [0.15, 0.2) is 54.6 Å². The van der Waals surface area contributed by atoms with Crippen LogP contribution in [-0.2, 0) is 6.54 Å². The zero-order chi connectivity index (χ0) is 13.5. The van der Waals surface area contributed by atoms with Crippen molar-refractivity contribution in [2.45, 2.75) is 26.5 Å². The molecule has 0 atom stereocenters. The highest BCUT2D eigenvalue weighted by Crippen LogP contribution is 2.13. The molecule has 2 nitrogen and oxygen atoms in total. The Kier molecular flexibility index (Phi) is 4.99. The summed E-state index contributed by atoms with van der Waals surface area (Å²) in [7, 11) is 0. The van der Waals surface area contributed by atoms with Crippen LogP contribution in [0.3, 0.4) is 0 Å². The summed E-state index contributed by atoms with van der Waals surface area (Å²) in [6.45, 7) is 6.91. The fourth-order valence-corrected chi connectivity index (χ4v) is 1.79. The standard InChI is InChI=1S/C17H20NO/c1-14(2)19-17-10-8-16(9-11-17)13-18-12-15-6-4-3-5-7-15/h3-12,14,18H,13H2,1-2H3. The molecule has 0 spiro atoms. The van der Waals surface area contributed by atoms with E-state index in [0.29, 0.717) is 0 Å². The monoisotopic (exact) mass is 254 g/mol. The normalized spacial score (nSPS) is 10.7. The summed E-state index contributed by atoms with van der Waals surface area (Å²) in [6, 6.07) is 18.4. The zero-order valence-corrected chi connectivity index (χ0v) is 11.5. The van der Waals surface area contributed by atoms with Gasteiger partial charge in [0.05, 0.1) is 12.6 Å². The maximum absolute atomic E-state index is 5.61. The predicted molar refractivity (Wildman–Crippen MR) is 78.9 cm³/mol. The van der Waals surface area contributed by atoms with Crippen LogP contribution in [-0.4, -0.2) is 6.10 Å². The second-order valence-electron chi connectivity index (χ2n) is 4.75. The Hall–Kier alpha value is -1.80. The molecule has 2 rings (SSSR count). The van der Waals surface area contributed by atoms with Crippen LogP contribution >= 0.6 is 0 Å². The van der Waals surface area contributed by atoms with E-state index in [1.165, 1.54) is 11.1 Å². The van der Waals surface area contributed by atoms with Crippen molar-refractivity contribution < 1.29 is 4.74 Å². The summed E-state index contributed by atoms with van der Waals surface area (Å²) in [4.78, 5) is 0. The van der Waals surface area contributed by atoms with Crippen molar-refractivity contribution in [3.05, 3.63) is 72.3 Å². The first-order valence-electron chi connectivity index (χ1n) is 6.61. The summed E-state index contributed by atoms with van der Waals surface area (Å²) in [5, 5.41) is 3.31. The van der Waals surface area contributed by atoms with Crippen molar-refractivity contribution >= 4 is 0 Å². The van der Waals surface area contributed by atoms with Gasteiger partial charge in [0.1, 0.15) is 5.75 Å². The molecule has 0 fully saturated rings. The largest absolute Gasteiger partial charge is 0.491 e. The van der Waals surface area contributed by atoms with Crippen LogP contribution in [0.1, 0.15) is 25.0 Å². The van der Waals surface area contributed by atoms with E-state index in [0.717, 1.165) is 12.3 Å². The summed E-state index contributed by atoms with van der Waals surface area (Å²) >= 11 is 0. The minimum absolute atomic E-state index is 0.218. The van der Waals surface area contributed by atoms with Gasteiger partial charge in [-0.3, -0.25) is 0 Å². The Balaban J connectivity index is 1.80. The first kappa shape index (κ1) is 13.6. The van der Waals surface area contributed by atoms with Gasteiger partial charge in [-0.25, -0.2) is 0 Å². The average molecular weight is 254 g/mol. The van der Waals surface area contributed by atoms with Crippen LogP contribution in [0.5, 0.6) is 5.75 Å². The molecule has 0 saturated carbocycles. The molecule has 0 bridgehead atoms. The molecule has 1 radical (unpaired) electrons. The number of ether oxygens (including phenoxy) is 1. The molecule has 0 unspecified atom stereocenters. The second kappa shape index (κ2) is 6.95. The lowest BCUT2D eigenvalue weighted by Crippen LogP contribution is -2.10. The lowest BCUT2D eigenvalue weighted by Gasteiger charge is -2.10. The Morgan fingerprint density at radius 2 is 1.68 bits per heavy atom. The fraction of sp³-hybridized carbons (Fsp3) is 0.235. The van der Waals surface area contributed by atoms with Crippen molar-refractivity contribution in [3.63, 3.8) is 0 Å². The smallest absolute Gasteiger partial charge is 0.119 e. The maximum atomic E-state index is 5.61. The van der Waals surface area contributed by atoms with Crippen LogP contribution < -0.4 is 10.1 Å². The fourth-order valence-electron chi connectivity index (χ4n) is 1.79. The number of rotatable bonds is 6. The Bertz CT molecular complexity index is 476. The number of hydrogen-bond donors (Lipinski definition) is 1. The van der Waals surface area contributed by atoms with E-state index in [2.05, 4.69) is 29.6 Å². The lowest BCUT2D eigenvalue weighted by atomic mass is 10.2. The summed E-state index contributed by atoms with van der Waals surface area (Å²) in [5.41, 5.74) is 2.42. The van der Waals surface area contributed by atoms with Crippen molar-refractivity contribution in [1.82, 2.24) is 5.32 Å². The summed E-state index contributed by atoms with van der Waals surface area (Å²) in [6.07, 6.45) is 0.218. The van der Waals surface area contributed by atoms with Crippen LogP contribution in [0.4, 0.5) is 0 Å². The van der Waals surface area contributed by atoms with Gasteiger partial charge < -0.3 is 10.1 Å². The molecule has 0 saturated heterocycles. The molecular formula is C17H20NO. The first-order chi connectivity index (χ1) is 9.24. The van der Waals surface area contributed by atoms with E-state index in [9.17, 15) is 0 Å². The van der Waals surface area contributed by atoms with E-state index in [4.69, 9.17) is 4.74 Å². The van der Waals surface area contributed by atoms with Gasteiger partial charge >= 0.3 is 0 Å². The maximum Gasteiger partial charge on any atom is 0.119 e. The van der Waals surface area contributed by atoms with Gasteiger partial charge in [0.25, 0.3) is 0 Å². The van der Waals surface area contributed by atoms with Crippen molar-refractivity contribution in [2.24, 2.45) is 0 Å². The van der Waals surface area contributed by atoms with Gasteiger partial charge in [-0.15, -0.1) is 0 Å². The topological polar surface area (TPSA) is 21.3 Å². The molecule has 0 aliphatic rings. The van der Waals surface area contributed by atoms with Gasteiger partial charge in [-0.05, 0) is 37.1 Å². The number of benzene rings is 2.